The van der Waals surface area contributed by atoms with Gasteiger partial charge in [-0.3, -0.25) is 4.79 Å². The fourth-order valence-corrected chi connectivity index (χ4v) is 2.58. The normalized spacial score (nSPS) is 13.2. The number of nitrogens with one attached hydrogen (secondary N) is 1. The molecule has 0 spiro atoms. The highest BCUT2D eigenvalue weighted by molar-refractivity contribution is 5.77. The smallest absolute Gasteiger partial charge is 0.223 e. The number of hydrogen-bond acceptors (Lipinski definition) is 4. The molecule has 1 amide bonds. The second-order valence-corrected chi connectivity index (χ2v) is 6.07. The molecule has 1 atom stereocenters. The molecule has 0 saturated carbocycles. The molecule has 6 nitrogen and oxygen atoms in total. The third-order valence-electron chi connectivity index (χ3n) is 3.94. The largest absolute Gasteiger partial charge is 0.385 e. The number of rotatable bonds is 6. The maximum atomic E-state index is 12.2. The van der Waals surface area contributed by atoms with Crippen LogP contribution in [0.2, 0.25) is 0 Å². The van der Waals surface area contributed by atoms with Crippen molar-refractivity contribution in [2.45, 2.75) is 25.5 Å². The minimum Gasteiger partial charge on any atom is -0.385 e. The highest BCUT2D eigenvalue weighted by Gasteiger charge is 2.26. The molecular formula is C19H20N4O2. The van der Waals surface area contributed by atoms with Crippen molar-refractivity contribution in [1.82, 2.24) is 20.1 Å². The molecular weight excluding hydrogens is 316 g/mol. The summed E-state index contributed by atoms with van der Waals surface area (Å²) >= 11 is 0. The molecule has 0 aliphatic carbocycles. The molecule has 1 unspecified atom stereocenters. The second kappa shape index (κ2) is 7.27. The minimum atomic E-state index is -1.20. The van der Waals surface area contributed by atoms with Crippen LogP contribution in [0.1, 0.15) is 24.5 Å². The standard InChI is InChI=1S/C19H20N4O2/c1-19(25,16-6-3-2-4-7-16)13-18(24)21-14-15-8-10-20-17(12-15)23-11-5-9-22-23/h2-12,25H,13-14H2,1H3,(H,21,24). The number of hydrogen-bond donors (Lipinski definition) is 2. The van der Waals surface area contributed by atoms with Crippen LogP contribution < -0.4 is 5.32 Å². The van der Waals surface area contributed by atoms with Crippen LogP contribution in [0.5, 0.6) is 0 Å². The van der Waals surface area contributed by atoms with E-state index in [0.29, 0.717) is 12.4 Å². The summed E-state index contributed by atoms with van der Waals surface area (Å²) in [6.45, 7) is 2.00. The molecule has 6 heteroatoms. The average Bonchev–Trinajstić information content (AvgIpc) is 3.15. The van der Waals surface area contributed by atoms with Gasteiger partial charge in [-0.25, -0.2) is 9.67 Å². The maximum Gasteiger partial charge on any atom is 0.223 e. The summed E-state index contributed by atoms with van der Waals surface area (Å²) in [4.78, 5) is 16.5. The Balaban J connectivity index is 1.60. The third kappa shape index (κ3) is 4.30. The van der Waals surface area contributed by atoms with E-state index in [1.54, 1.807) is 24.0 Å². The summed E-state index contributed by atoms with van der Waals surface area (Å²) in [6, 6.07) is 14.7. The van der Waals surface area contributed by atoms with Gasteiger partial charge in [-0.05, 0) is 36.2 Å². The summed E-state index contributed by atoms with van der Waals surface area (Å²) in [7, 11) is 0. The Morgan fingerprint density at radius 1 is 1.20 bits per heavy atom. The number of amides is 1. The lowest BCUT2D eigenvalue weighted by atomic mass is 9.92. The molecule has 3 rings (SSSR count). The van der Waals surface area contributed by atoms with Crippen LogP contribution in [0.4, 0.5) is 0 Å². The summed E-state index contributed by atoms with van der Waals surface area (Å²) < 4.78 is 1.66. The minimum absolute atomic E-state index is 0.00584. The van der Waals surface area contributed by atoms with Crippen LogP contribution in [-0.2, 0) is 16.9 Å². The van der Waals surface area contributed by atoms with E-state index in [2.05, 4.69) is 15.4 Å². The zero-order valence-electron chi connectivity index (χ0n) is 14.0. The SMILES string of the molecule is CC(O)(CC(=O)NCc1ccnc(-n2cccn2)c1)c1ccccc1. The predicted octanol–water partition coefficient (Wildman–Crippen LogP) is 2.18. The zero-order valence-corrected chi connectivity index (χ0v) is 14.0. The number of carbonyl (C=O) groups is 1. The highest BCUT2D eigenvalue weighted by atomic mass is 16.3. The third-order valence-corrected chi connectivity index (χ3v) is 3.94. The van der Waals surface area contributed by atoms with Gasteiger partial charge in [0.05, 0.1) is 12.0 Å². The zero-order chi connectivity index (χ0) is 17.7. The number of benzene rings is 1. The van der Waals surface area contributed by atoms with Gasteiger partial charge in [0.2, 0.25) is 5.91 Å². The van der Waals surface area contributed by atoms with Crippen molar-refractivity contribution < 1.29 is 9.90 Å². The monoisotopic (exact) mass is 336 g/mol. The fraction of sp³-hybridized carbons (Fsp3) is 0.211. The van der Waals surface area contributed by atoms with Gasteiger partial charge in [-0.2, -0.15) is 5.10 Å². The molecule has 1 aromatic carbocycles. The number of nitrogens with zero attached hydrogens (tertiary/aromatic N) is 3. The molecule has 0 fully saturated rings. The van der Waals surface area contributed by atoms with E-state index >= 15 is 0 Å². The lowest BCUT2D eigenvalue weighted by Gasteiger charge is -2.23. The van der Waals surface area contributed by atoms with E-state index in [9.17, 15) is 9.90 Å². The summed E-state index contributed by atoms with van der Waals surface area (Å²) in [5, 5.41) is 17.5. The van der Waals surface area contributed by atoms with Gasteiger partial charge >= 0.3 is 0 Å². The van der Waals surface area contributed by atoms with Gasteiger partial charge in [0, 0.05) is 25.1 Å². The van der Waals surface area contributed by atoms with Crippen LogP contribution in [0.25, 0.3) is 5.82 Å². The molecule has 128 valence electrons. The number of carbonyl (C=O) groups excluding carboxylic acids is 1. The van der Waals surface area contributed by atoms with E-state index < -0.39 is 5.60 Å². The van der Waals surface area contributed by atoms with Crippen LogP contribution in [0.3, 0.4) is 0 Å². The molecule has 2 aromatic heterocycles. The molecule has 0 saturated heterocycles. The summed E-state index contributed by atoms with van der Waals surface area (Å²) in [5.74, 6) is 0.472. The molecule has 0 radical (unpaired) electrons. The van der Waals surface area contributed by atoms with Crippen molar-refractivity contribution in [3.63, 3.8) is 0 Å². The summed E-state index contributed by atoms with van der Waals surface area (Å²) in [6.07, 6.45) is 5.16. The predicted molar refractivity (Wildman–Crippen MR) is 93.8 cm³/mol. The highest BCUT2D eigenvalue weighted by Crippen LogP contribution is 2.23. The number of aromatic nitrogens is 3. The first-order valence-corrected chi connectivity index (χ1v) is 8.04. The van der Waals surface area contributed by atoms with Crippen LogP contribution in [0, 0.1) is 0 Å². The number of pyridine rings is 1. The Bertz CT molecular complexity index is 830. The first-order chi connectivity index (χ1) is 12.0. The Hall–Kier alpha value is -2.99. The van der Waals surface area contributed by atoms with E-state index in [4.69, 9.17) is 0 Å². The van der Waals surface area contributed by atoms with E-state index in [-0.39, 0.29) is 12.3 Å². The Morgan fingerprint density at radius 2 is 2.00 bits per heavy atom. The average molecular weight is 336 g/mol. The van der Waals surface area contributed by atoms with Gasteiger partial charge in [0.1, 0.15) is 0 Å². The van der Waals surface area contributed by atoms with E-state index in [0.717, 1.165) is 11.1 Å². The quantitative estimate of drug-likeness (QED) is 0.723. The van der Waals surface area contributed by atoms with Crippen molar-refractivity contribution in [3.05, 3.63) is 78.2 Å². The lowest BCUT2D eigenvalue weighted by molar-refractivity contribution is -0.126. The molecule has 2 N–H and O–H groups in total. The van der Waals surface area contributed by atoms with Gasteiger partial charge in [0.25, 0.3) is 0 Å². The van der Waals surface area contributed by atoms with E-state index in [1.165, 1.54) is 0 Å². The second-order valence-electron chi connectivity index (χ2n) is 6.07. The molecule has 2 heterocycles. The van der Waals surface area contributed by atoms with Crippen molar-refractivity contribution in [1.29, 1.82) is 0 Å². The van der Waals surface area contributed by atoms with E-state index in [1.807, 2.05) is 54.7 Å². The molecule has 3 aromatic rings. The Labute approximate surface area is 146 Å². The molecule has 0 aliphatic rings. The van der Waals surface area contributed by atoms with Gasteiger partial charge in [0.15, 0.2) is 5.82 Å². The Morgan fingerprint density at radius 3 is 2.72 bits per heavy atom. The molecule has 25 heavy (non-hydrogen) atoms. The maximum absolute atomic E-state index is 12.2. The van der Waals surface area contributed by atoms with Crippen molar-refractivity contribution in [3.8, 4) is 5.82 Å². The first-order valence-electron chi connectivity index (χ1n) is 8.04. The van der Waals surface area contributed by atoms with Crippen LogP contribution >= 0.6 is 0 Å². The Kier molecular flexibility index (Phi) is 4.90. The first kappa shape index (κ1) is 16.9. The van der Waals surface area contributed by atoms with Crippen molar-refractivity contribution in [2.24, 2.45) is 0 Å². The van der Waals surface area contributed by atoms with Gasteiger partial charge in [-0.1, -0.05) is 30.3 Å². The van der Waals surface area contributed by atoms with Gasteiger partial charge in [-0.15, -0.1) is 0 Å². The van der Waals surface area contributed by atoms with Crippen LogP contribution in [0.15, 0.2) is 67.1 Å². The fourth-order valence-electron chi connectivity index (χ4n) is 2.58. The summed E-state index contributed by atoms with van der Waals surface area (Å²) in [5.41, 5.74) is 0.423. The van der Waals surface area contributed by atoms with Crippen LogP contribution in [-0.4, -0.2) is 25.8 Å². The topological polar surface area (TPSA) is 80.0 Å². The van der Waals surface area contributed by atoms with Gasteiger partial charge < -0.3 is 10.4 Å². The number of aliphatic hydroxyl groups is 1. The molecule has 0 bridgehead atoms. The lowest BCUT2D eigenvalue weighted by Crippen LogP contribution is -2.32. The van der Waals surface area contributed by atoms with Crippen molar-refractivity contribution in [2.75, 3.05) is 0 Å². The molecule has 0 aliphatic heterocycles. The van der Waals surface area contributed by atoms with Crippen molar-refractivity contribution >= 4 is 5.91 Å².